The molecule has 1 aliphatic rings. The molecule has 2 N–H and O–H groups in total. The highest BCUT2D eigenvalue weighted by atomic mass is 32.2. The minimum Gasteiger partial charge on any atom is -0.379 e. The molecule has 0 aliphatic carbocycles. The summed E-state index contributed by atoms with van der Waals surface area (Å²) in [5.74, 6) is 0.188. The second-order valence-corrected chi connectivity index (χ2v) is 8.29. The Morgan fingerprint density at radius 1 is 1.38 bits per heavy atom. The lowest BCUT2D eigenvalue weighted by atomic mass is 10.1. The number of rotatable bonds is 6. The number of halogens is 1. The number of benzene rings is 1. The lowest BCUT2D eigenvalue weighted by Gasteiger charge is -2.26. The summed E-state index contributed by atoms with van der Waals surface area (Å²) < 4.78 is 44.9. The van der Waals surface area contributed by atoms with Crippen LogP contribution in [-0.2, 0) is 14.8 Å². The average molecular weight is 386 g/mol. The Balaban J connectivity index is 1.86. The van der Waals surface area contributed by atoms with E-state index in [4.69, 9.17) is 4.74 Å². The molecule has 1 aliphatic heterocycles. The Bertz CT molecular complexity index is 734. The van der Waals surface area contributed by atoms with Gasteiger partial charge in [0.1, 0.15) is 5.82 Å². The molecule has 9 heteroatoms. The molecule has 146 valence electrons. The smallest absolute Gasteiger partial charge is 0.215 e. The Kier molecular flexibility index (Phi) is 7.36. The highest BCUT2D eigenvalue weighted by Crippen LogP contribution is 2.16. The summed E-state index contributed by atoms with van der Waals surface area (Å²) in [6.07, 6.45) is 0. The van der Waals surface area contributed by atoms with Gasteiger partial charge in [0.15, 0.2) is 5.96 Å². The van der Waals surface area contributed by atoms with Crippen LogP contribution >= 0.6 is 0 Å². The van der Waals surface area contributed by atoms with E-state index < -0.39 is 10.0 Å². The summed E-state index contributed by atoms with van der Waals surface area (Å²) in [4.78, 5) is 4.10. The molecule has 0 radical (unpaired) electrons. The molecule has 0 spiro atoms. The predicted molar refractivity (Wildman–Crippen MR) is 100 cm³/mol. The Morgan fingerprint density at radius 2 is 2.08 bits per heavy atom. The van der Waals surface area contributed by atoms with Gasteiger partial charge in [0.05, 0.1) is 25.0 Å². The first-order valence-electron chi connectivity index (χ1n) is 8.62. The van der Waals surface area contributed by atoms with Gasteiger partial charge in [-0.2, -0.15) is 4.31 Å². The fourth-order valence-electron chi connectivity index (χ4n) is 2.61. The number of nitrogens with zero attached hydrogens (tertiary/aromatic N) is 2. The second-order valence-electron chi connectivity index (χ2n) is 6.20. The molecule has 7 nitrogen and oxygen atoms in total. The van der Waals surface area contributed by atoms with Crippen molar-refractivity contribution in [3.8, 4) is 0 Å². The average Bonchev–Trinajstić information content (AvgIpc) is 2.63. The highest BCUT2D eigenvalue weighted by molar-refractivity contribution is 7.89. The molecule has 0 saturated carbocycles. The Labute approximate surface area is 154 Å². The fraction of sp³-hybridized carbons (Fsp3) is 0.588. The van der Waals surface area contributed by atoms with Crippen molar-refractivity contribution in [3.63, 3.8) is 0 Å². The topological polar surface area (TPSA) is 83.0 Å². The molecule has 0 bridgehead atoms. The zero-order valence-electron chi connectivity index (χ0n) is 15.5. The maximum Gasteiger partial charge on any atom is 0.215 e. The van der Waals surface area contributed by atoms with Crippen LogP contribution in [0.25, 0.3) is 0 Å². The van der Waals surface area contributed by atoms with Crippen molar-refractivity contribution in [1.29, 1.82) is 0 Å². The van der Waals surface area contributed by atoms with E-state index in [1.54, 1.807) is 20.0 Å². The largest absolute Gasteiger partial charge is 0.379 e. The van der Waals surface area contributed by atoms with Crippen molar-refractivity contribution in [3.05, 3.63) is 35.1 Å². The summed E-state index contributed by atoms with van der Waals surface area (Å²) in [6, 6.07) is 4.90. The summed E-state index contributed by atoms with van der Waals surface area (Å²) >= 11 is 0. The summed E-state index contributed by atoms with van der Waals surface area (Å²) in [6.45, 7) is 5.49. The first-order valence-corrected chi connectivity index (χ1v) is 10.2. The molecule has 26 heavy (non-hydrogen) atoms. The van der Waals surface area contributed by atoms with Crippen LogP contribution in [0.2, 0.25) is 0 Å². The number of nitrogens with one attached hydrogen (secondary N) is 2. The van der Waals surface area contributed by atoms with Crippen LogP contribution < -0.4 is 10.6 Å². The van der Waals surface area contributed by atoms with Crippen molar-refractivity contribution in [2.24, 2.45) is 4.99 Å². The molecule has 1 unspecified atom stereocenters. The fourth-order valence-corrected chi connectivity index (χ4v) is 3.94. The van der Waals surface area contributed by atoms with Gasteiger partial charge in [-0.3, -0.25) is 4.99 Å². The number of ether oxygens (including phenoxy) is 1. The van der Waals surface area contributed by atoms with Crippen LogP contribution in [0.4, 0.5) is 4.39 Å². The van der Waals surface area contributed by atoms with E-state index in [0.29, 0.717) is 37.8 Å². The van der Waals surface area contributed by atoms with E-state index in [-0.39, 0.29) is 24.2 Å². The van der Waals surface area contributed by atoms with Crippen LogP contribution in [0, 0.1) is 12.7 Å². The van der Waals surface area contributed by atoms with E-state index in [0.717, 1.165) is 5.56 Å². The normalized spacial score (nSPS) is 17.8. The van der Waals surface area contributed by atoms with Gasteiger partial charge in [-0.15, -0.1) is 0 Å². The first-order chi connectivity index (χ1) is 12.3. The van der Waals surface area contributed by atoms with Gasteiger partial charge in [-0.05, 0) is 31.0 Å². The van der Waals surface area contributed by atoms with Crippen molar-refractivity contribution >= 4 is 16.0 Å². The molecule has 1 heterocycles. The van der Waals surface area contributed by atoms with Crippen LogP contribution in [0.1, 0.15) is 24.1 Å². The number of guanidine groups is 1. The third-order valence-electron chi connectivity index (χ3n) is 4.29. The Hall–Kier alpha value is -1.71. The van der Waals surface area contributed by atoms with Crippen molar-refractivity contribution < 1.29 is 17.5 Å². The maximum absolute atomic E-state index is 13.7. The zero-order chi connectivity index (χ0) is 19.2. The predicted octanol–water partition coefficient (Wildman–Crippen LogP) is 1.02. The van der Waals surface area contributed by atoms with Gasteiger partial charge in [0.25, 0.3) is 0 Å². The van der Waals surface area contributed by atoms with Gasteiger partial charge in [0, 0.05) is 26.7 Å². The van der Waals surface area contributed by atoms with Crippen LogP contribution in [0.3, 0.4) is 0 Å². The van der Waals surface area contributed by atoms with Crippen LogP contribution in [0.5, 0.6) is 0 Å². The summed E-state index contributed by atoms with van der Waals surface area (Å²) in [7, 11) is -1.71. The van der Waals surface area contributed by atoms with E-state index >= 15 is 0 Å². The van der Waals surface area contributed by atoms with Crippen molar-refractivity contribution in [2.45, 2.75) is 19.9 Å². The van der Waals surface area contributed by atoms with Crippen LogP contribution in [-0.4, -0.2) is 64.3 Å². The van der Waals surface area contributed by atoms with Gasteiger partial charge >= 0.3 is 0 Å². The summed E-state index contributed by atoms with van der Waals surface area (Å²) in [5.41, 5.74) is 1.38. The third kappa shape index (κ3) is 5.65. The lowest BCUT2D eigenvalue weighted by Crippen LogP contribution is -2.45. The van der Waals surface area contributed by atoms with Crippen molar-refractivity contribution in [2.75, 3.05) is 45.6 Å². The van der Waals surface area contributed by atoms with E-state index in [1.165, 1.54) is 10.4 Å². The minimum atomic E-state index is -3.32. The summed E-state index contributed by atoms with van der Waals surface area (Å²) in [5, 5.41) is 6.14. The number of sulfonamides is 1. The molecule has 2 rings (SSSR count). The SMILES string of the molecule is CN=C(NCCS(=O)(=O)N1CCOCC1)NC(C)c1ccc(C)c(F)c1. The number of hydrogen-bond acceptors (Lipinski definition) is 4. The molecule has 1 fully saturated rings. The van der Waals surface area contributed by atoms with Crippen LogP contribution in [0.15, 0.2) is 23.2 Å². The quantitative estimate of drug-likeness (QED) is 0.564. The second kappa shape index (κ2) is 9.29. The molecule has 0 amide bonds. The molecule has 1 saturated heterocycles. The molecular formula is C17H27FN4O3S. The van der Waals surface area contributed by atoms with E-state index in [9.17, 15) is 12.8 Å². The lowest BCUT2D eigenvalue weighted by molar-refractivity contribution is 0.0730. The minimum absolute atomic E-state index is 0.0265. The van der Waals surface area contributed by atoms with E-state index in [1.807, 2.05) is 13.0 Å². The number of hydrogen-bond donors (Lipinski definition) is 2. The van der Waals surface area contributed by atoms with Gasteiger partial charge in [0.2, 0.25) is 10.0 Å². The van der Waals surface area contributed by atoms with Crippen molar-refractivity contribution in [1.82, 2.24) is 14.9 Å². The van der Waals surface area contributed by atoms with Gasteiger partial charge in [-0.1, -0.05) is 12.1 Å². The number of aliphatic imine (C=N–C) groups is 1. The number of morpholine rings is 1. The molecule has 1 atom stereocenters. The highest BCUT2D eigenvalue weighted by Gasteiger charge is 2.23. The molecular weight excluding hydrogens is 359 g/mol. The van der Waals surface area contributed by atoms with E-state index in [2.05, 4.69) is 15.6 Å². The molecule has 1 aromatic carbocycles. The Morgan fingerprint density at radius 3 is 2.69 bits per heavy atom. The first kappa shape index (κ1) is 20.6. The molecule has 1 aromatic rings. The standard InChI is InChI=1S/C17H27FN4O3S/c1-13-4-5-15(12-16(13)18)14(2)21-17(19-3)20-6-11-26(23,24)22-7-9-25-10-8-22/h4-5,12,14H,6-11H2,1-3H3,(H2,19,20,21). The maximum atomic E-state index is 13.7. The zero-order valence-corrected chi connectivity index (χ0v) is 16.3. The molecule has 0 aromatic heterocycles. The van der Waals surface area contributed by atoms with Gasteiger partial charge < -0.3 is 15.4 Å². The third-order valence-corrected chi connectivity index (χ3v) is 6.16. The monoisotopic (exact) mass is 386 g/mol. The van der Waals surface area contributed by atoms with Gasteiger partial charge in [-0.25, -0.2) is 12.8 Å². The number of aryl methyl sites for hydroxylation is 1.